The van der Waals surface area contributed by atoms with Crippen molar-refractivity contribution in [2.24, 2.45) is 5.10 Å². The van der Waals surface area contributed by atoms with Gasteiger partial charge in [0.05, 0.1) is 19.1 Å². The number of benzene rings is 1. The third-order valence-corrected chi connectivity index (χ3v) is 3.70. The van der Waals surface area contributed by atoms with Crippen molar-refractivity contribution in [3.8, 4) is 11.5 Å². The number of methoxy groups -OCH3 is 1. The highest BCUT2D eigenvalue weighted by molar-refractivity contribution is 7.99. The second kappa shape index (κ2) is 8.92. The van der Waals surface area contributed by atoms with Crippen LogP contribution in [0.25, 0.3) is 0 Å². The highest BCUT2D eigenvalue weighted by atomic mass is 32.2. The predicted molar refractivity (Wildman–Crippen MR) is 96.3 cm³/mol. The van der Waals surface area contributed by atoms with E-state index in [2.05, 4.69) is 31.0 Å². The maximum absolute atomic E-state index is 11.6. The molecule has 0 saturated carbocycles. The number of rotatable bonds is 8. The van der Waals surface area contributed by atoms with Crippen molar-refractivity contribution in [3.63, 3.8) is 0 Å². The molecular weight excluding hydrogens is 344 g/mol. The van der Waals surface area contributed by atoms with Gasteiger partial charge in [0.15, 0.2) is 0 Å². The first-order valence-electron chi connectivity index (χ1n) is 7.48. The molecular formula is C15H20N6O3S. The summed E-state index contributed by atoms with van der Waals surface area (Å²) in [6.07, 6.45) is 1.43. The van der Waals surface area contributed by atoms with Crippen molar-refractivity contribution in [3.05, 3.63) is 23.8 Å². The molecule has 2 aromatic rings. The molecule has 1 heterocycles. The number of aromatic hydroxyl groups is 1. The second-order valence-electron chi connectivity index (χ2n) is 5.27. The highest BCUT2D eigenvalue weighted by Crippen LogP contribution is 2.21. The number of ether oxygens (including phenoxy) is 1. The third kappa shape index (κ3) is 5.99. The number of aromatic amines is 1. The summed E-state index contributed by atoms with van der Waals surface area (Å²) in [6.45, 7) is 3.80. The van der Waals surface area contributed by atoms with Gasteiger partial charge in [-0.15, -0.1) is 5.10 Å². The molecule has 0 radical (unpaired) electrons. The molecule has 10 heteroatoms. The van der Waals surface area contributed by atoms with Gasteiger partial charge in [-0.25, -0.2) is 10.5 Å². The number of hydrazone groups is 1. The number of hydrogen-bond acceptors (Lipinski definition) is 8. The Balaban J connectivity index is 1.88. The summed E-state index contributed by atoms with van der Waals surface area (Å²) in [5, 5.41) is 23.6. The van der Waals surface area contributed by atoms with E-state index in [0.29, 0.717) is 22.4 Å². The average molecular weight is 364 g/mol. The first-order valence-corrected chi connectivity index (χ1v) is 8.47. The molecule has 0 fully saturated rings. The second-order valence-corrected chi connectivity index (χ2v) is 6.21. The summed E-state index contributed by atoms with van der Waals surface area (Å²) in [7, 11) is 1.54. The quantitative estimate of drug-likeness (QED) is 0.318. The van der Waals surface area contributed by atoms with Crippen LogP contribution < -0.4 is 15.5 Å². The number of thioether (sulfide) groups is 1. The Hall–Kier alpha value is -2.75. The van der Waals surface area contributed by atoms with Gasteiger partial charge in [0.2, 0.25) is 17.0 Å². The van der Waals surface area contributed by atoms with Gasteiger partial charge in [-0.3, -0.25) is 4.79 Å². The number of H-pyrrole nitrogens is 1. The maximum atomic E-state index is 11.6. The minimum Gasteiger partial charge on any atom is -0.507 e. The molecule has 0 atom stereocenters. The summed E-state index contributed by atoms with van der Waals surface area (Å²) >= 11 is 1.21. The van der Waals surface area contributed by atoms with Gasteiger partial charge in [0.1, 0.15) is 11.5 Å². The lowest BCUT2D eigenvalue weighted by Gasteiger charge is -2.06. The number of anilines is 1. The van der Waals surface area contributed by atoms with Crippen LogP contribution in [0.3, 0.4) is 0 Å². The lowest BCUT2D eigenvalue weighted by Crippen LogP contribution is -2.31. The van der Waals surface area contributed by atoms with Gasteiger partial charge in [0.25, 0.3) is 0 Å². The van der Waals surface area contributed by atoms with E-state index in [1.54, 1.807) is 19.2 Å². The first-order chi connectivity index (χ1) is 12.0. The van der Waals surface area contributed by atoms with E-state index >= 15 is 0 Å². The number of nitrogens with zero attached hydrogens (tertiary/aromatic N) is 3. The number of carbonyl (C=O) groups excluding carboxylic acids is 1. The Bertz CT molecular complexity index is 747. The number of carbonyl (C=O) groups is 1. The summed E-state index contributed by atoms with van der Waals surface area (Å²) < 4.78 is 5.09. The van der Waals surface area contributed by atoms with E-state index in [1.165, 1.54) is 24.0 Å². The van der Waals surface area contributed by atoms with Crippen LogP contribution in [-0.4, -0.2) is 51.3 Å². The van der Waals surface area contributed by atoms with Crippen LogP contribution in [-0.2, 0) is 4.79 Å². The van der Waals surface area contributed by atoms with E-state index in [1.807, 2.05) is 13.8 Å². The van der Waals surface area contributed by atoms with Crippen LogP contribution in [0.2, 0.25) is 0 Å². The first kappa shape index (κ1) is 18.6. The summed E-state index contributed by atoms with van der Waals surface area (Å²) in [6, 6.07) is 4.91. The SMILES string of the molecule is COc1ccc(O)c(/C=N/Nc2nc(SCC(=O)NC(C)C)n[nH]2)c1. The van der Waals surface area contributed by atoms with E-state index < -0.39 is 0 Å². The van der Waals surface area contributed by atoms with Crippen molar-refractivity contribution in [1.82, 2.24) is 20.5 Å². The zero-order valence-corrected chi connectivity index (χ0v) is 14.9. The monoisotopic (exact) mass is 364 g/mol. The number of nitrogens with one attached hydrogen (secondary N) is 3. The molecule has 0 aliphatic rings. The summed E-state index contributed by atoms with van der Waals surface area (Å²) in [5.74, 6) is 1.17. The molecule has 0 saturated heterocycles. The van der Waals surface area contributed by atoms with E-state index in [4.69, 9.17) is 4.74 Å². The van der Waals surface area contributed by atoms with Crippen molar-refractivity contribution < 1.29 is 14.6 Å². The Labute approximate surface area is 149 Å². The minimum absolute atomic E-state index is 0.0779. The number of phenolic OH excluding ortho intramolecular Hbond substituents is 1. The van der Waals surface area contributed by atoms with Crippen molar-refractivity contribution in [1.29, 1.82) is 0 Å². The molecule has 25 heavy (non-hydrogen) atoms. The standard InChI is InChI=1S/C15H20N6O3S/c1-9(2)17-13(23)8-25-15-18-14(20-21-15)19-16-7-10-6-11(24-3)4-5-12(10)22/h4-7,9,22H,8H2,1-3H3,(H,17,23)(H2,18,19,20,21)/b16-7+. The Morgan fingerprint density at radius 2 is 2.32 bits per heavy atom. The van der Waals surface area contributed by atoms with Gasteiger partial charge < -0.3 is 15.2 Å². The summed E-state index contributed by atoms with van der Waals surface area (Å²) in [5.41, 5.74) is 3.16. The van der Waals surface area contributed by atoms with Crippen LogP contribution in [0.4, 0.5) is 5.95 Å². The van der Waals surface area contributed by atoms with Crippen molar-refractivity contribution >= 4 is 29.8 Å². The molecule has 0 aliphatic carbocycles. The van der Waals surface area contributed by atoms with Gasteiger partial charge in [-0.1, -0.05) is 11.8 Å². The van der Waals surface area contributed by atoms with Crippen LogP contribution in [0.5, 0.6) is 11.5 Å². The minimum atomic E-state index is -0.0779. The molecule has 134 valence electrons. The lowest BCUT2D eigenvalue weighted by molar-refractivity contribution is -0.119. The Kier molecular flexibility index (Phi) is 6.63. The average Bonchev–Trinajstić information content (AvgIpc) is 3.02. The molecule has 9 nitrogen and oxygen atoms in total. The number of hydrogen-bond donors (Lipinski definition) is 4. The summed E-state index contributed by atoms with van der Waals surface area (Å²) in [4.78, 5) is 15.7. The number of phenols is 1. The highest BCUT2D eigenvalue weighted by Gasteiger charge is 2.08. The third-order valence-electron chi connectivity index (χ3n) is 2.86. The van der Waals surface area contributed by atoms with E-state index in [-0.39, 0.29) is 23.5 Å². The smallest absolute Gasteiger partial charge is 0.240 e. The normalized spacial score (nSPS) is 11.0. The van der Waals surface area contributed by atoms with Gasteiger partial charge in [-0.05, 0) is 32.0 Å². The van der Waals surface area contributed by atoms with Crippen LogP contribution in [0.1, 0.15) is 19.4 Å². The fourth-order valence-corrected chi connectivity index (χ4v) is 2.39. The van der Waals surface area contributed by atoms with Gasteiger partial charge in [-0.2, -0.15) is 10.1 Å². The number of aromatic nitrogens is 3. The molecule has 0 spiro atoms. The van der Waals surface area contributed by atoms with Crippen molar-refractivity contribution in [2.75, 3.05) is 18.3 Å². The van der Waals surface area contributed by atoms with E-state index in [0.717, 1.165) is 0 Å². The topological polar surface area (TPSA) is 125 Å². The molecule has 1 aromatic carbocycles. The Morgan fingerprint density at radius 1 is 1.52 bits per heavy atom. The molecule has 0 unspecified atom stereocenters. The fraction of sp³-hybridized carbons (Fsp3) is 0.333. The Morgan fingerprint density at radius 3 is 3.04 bits per heavy atom. The van der Waals surface area contributed by atoms with Gasteiger partial charge in [0, 0.05) is 11.6 Å². The lowest BCUT2D eigenvalue weighted by atomic mass is 10.2. The molecule has 1 aromatic heterocycles. The zero-order valence-electron chi connectivity index (χ0n) is 14.1. The maximum Gasteiger partial charge on any atom is 0.240 e. The predicted octanol–water partition coefficient (Wildman–Crippen LogP) is 1.58. The molecule has 4 N–H and O–H groups in total. The zero-order chi connectivity index (χ0) is 18.2. The van der Waals surface area contributed by atoms with Crippen LogP contribution in [0, 0.1) is 0 Å². The number of amides is 1. The van der Waals surface area contributed by atoms with E-state index in [9.17, 15) is 9.90 Å². The fourth-order valence-electron chi connectivity index (χ4n) is 1.78. The molecule has 2 rings (SSSR count). The van der Waals surface area contributed by atoms with Gasteiger partial charge >= 0.3 is 0 Å². The largest absolute Gasteiger partial charge is 0.507 e. The molecule has 1 amide bonds. The van der Waals surface area contributed by atoms with Crippen LogP contribution in [0.15, 0.2) is 28.5 Å². The van der Waals surface area contributed by atoms with Crippen molar-refractivity contribution in [2.45, 2.75) is 25.0 Å². The molecule has 0 aliphatic heterocycles. The van der Waals surface area contributed by atoms with Crippen LogP contribution >= 0.6 is 11.8 Å². The molecule has 0 bridgehead atoms.